The molecule has 0 fully saturated rings. The Kier molecular flexibility index (Phi) is 2.32. The van der Waals surface area contributed by atoms with Crippen LogP contribution in [0.4, 0.5) is 5.82 Å². The van der Waals surface area contributed by atoms with Crippen LogP contribution in [0.3, 0.4) is 0 Å². The molecule has 66 valence electrons. The maximum atomic E-state index is 10.3. The second-order valence-electron chi connectivity index (χ2n) is 2.45. The van der Waals surface area contributed by atoms with Crippen molar-refractivity contribution in [2.75, 3.05) is 5.73 Å². The summed E-state index contributed by atoms with van der Waals surface area (Å²) in [4.78, 5) is 10.3. The molecule has 3 N–H and O–H groups in total. The van der Waals surface area contributed by atoms with Gasteiger partial charge in [0.05, 0.1) is 12.1 Å². The van der Waals surface area contributed by atoms with E-state index in [1.54, 1.807) is 10.7 Å². The number of carboxylic acid groups (broad SMARTS) is 1. The summed E-state index contributed by atoms with van der Waals surface area (Å²) in [6.45, 7) is 2.55. The summed E-state index contributed by atoms with van der Waals surface area (Å²) in [5.74, 6) is -0.385. The molecule has 0 aliphatic rings. The Bertz CT molecular complexity index is 293. The van der Waals surface area contributed by atoms with Crippen LogP contribution in [0.25, 0.3) is 0 Å². The lowest BCUT2D eigenvalue weighted by Gasteiger charge is -1.95. The van der Waals surface area contributed by atoms with Crippen molar-refractivity contribution in [3.05, 3.63) is 11.8 Å². The lowest BCUT2D eigenvalue weighted by atomic mass is 10.3. The van der Waals surface area contributed by atoms with Crippen molar-refractivity contribution >= 4 is 11.8 Å². The van der Waals surface area contributed by atoms with Crippen molar-refractivity contribution in [3.63, 3.8) is 0 Å². The van der Waals surface area contributed by atoms with E-state index in [1.165, 1.54) is 0 Å². The third-order valence-corrected chi connectivity index (χ3v) is 1.49. The molecule has 0 aliphatic heterocycles. The maximum absolute atomic E-state index is 10.3. The summed E-state index contributed by atoms with van der Waals surface area (Å²) >= 11 is 0. The van der Waals surface area contributed by atoms with Gasteiger partial charge in [-0.15, -0.1) is 0 Å². The highest BCUT2D eigenvalue weighted by Crippen LogP contribution is 2.06. The molecule has 0 bridgehead atoms. The van der Waals surface area contributed by atoms with Gasteiger partial charge in [0.2, 0.25) is 0 Å². The second-order valence-corrected chi connectivity index (χ2v) is 2.45. The number of carboxylic acids is 1. The average molecular weight is 169 g/mol. The molecule has 5 heteroatoms. The van der Waals surface area contributed by atoms with Crippen molar-refractivity contribution in [2.24, 2.45) is 0 Å². The number of carbonyl (C=O) groups is 1. The van der Waals surface area contributed by atoms with Crippen LogP contribution >= 0.6 is 0 Å². The predicted octanol–water partition coefficient (Wildman–Crippen LogP) is 0.112. The van der Waals surface area contributed by atoms with Crippen LogP contribution in [-0.4, -0.2) is 20.9 Å². The number of nitrogen functional groups attached to an aromatic ring is 1. The van der Waals surface area contributed by atoms with E-state index in [-0.39, 0.29) is 6.42 Å². The van der Waals surface area contributed by atoms with Crippen LogP contribution in [0, 0.1) is 0 Å². The number of hydrogen-bond donors (Lipinski definition) is 2. The monoisotopic (exact) mass is 169 g/mol. The van der Waals surface area contributed by atoms with E-state index in [0.717, 1.165) is 0 Å². The summed E-state index contributed by atoms with van der Waals surface area (Å²) in [5.41, 5.74) is 6.04. The van der Waals surface area contributed by atoms with E-state index in [9.17, 15) is 4.79 Å². The lowest BCUT2D eigenvalue weighted by molar-refractivity contribution is -0.136. The molecule has 0 spiro atoms. The van der Waals surface area contributed by atoms with Crippen LogP contribution in [0.1, 0.15) is 12.6 Å². The lowest BCUT2D eigenvalue weighted by Crippen LogP contribution is -2.04. The number of hydrogen-bond acceptors (Lipinski definition) is 3. The SMILES string of the molecule is CCn1nc(CC(=O)O)cc1N. The summed E-state index contributed by atoms with van der Waals surface area (Å²) in [7, 11) is 0. The molecule has 0 aliphatic carbocycles. The number of rotatable bonds is 3. The summed E-state index contributed by atoms with van der Waals surface area (Å²) < 4.78 is 1.57. The molecule has 1 rings (SSSR count). The highest BCUT2D eigenvalue weighted by atomic mass is 16.4. The minimum absolute atomic E-state index is 0.0722. The third-order valence-electron chi connectivity index (χ3n) is 1.49. The Balaban J connectivity index is 2.82. The van der Waals surface area contributed by atoms with Crippen molar-refractivity contribution in [3.8, 4) is 0 Å². The highest BCUT2D eigenvalue weighted by molar-refractivity contribution is 5.69. The van der Waals surface area contributed by atoms with Gasteiger partial charge in [0.25, 0.3) is 0 Å². The predicted molar refractivity (Wildman–Crippen MR) is 43.7 cm³/mol. The highest BCUT2D eigenvalue weighted by Gasteiger charge is 2.06. The van der Waals surface area contributed by atoms with E-state index in [0.29, 0.717) is 18.1 Å². The number of anilines is 1. The number of nitrogens with zero attached hydrogens (tertiary/aromatic N) is 2. The largest absolute Gasteiger partial charge is 0.481 e. The zero-order chi connectivity index (χ0) is 9.14. The topological polar surface area (TPSA) is 81.1 Å². The normalized spacial score (nSPS) is 10.1. The number of aromatic nitrogens is 2. The van der Waals surface area contributed by atoms with Gasteiger partial charge in [0.1, 0.15) is 5.82 Å². The van der Waals surface area contributed by atoms with Gasteiger partial charge in [-0.1, -0.05) is 0 Å². The quantitative estimate of drug-likeness (QED) is 0.673. The first-order valence-electron chi connectivity index (χ1n) is 3.67. The molecule has 1 aromatic heterocycles. The summed E-state index contributed by atoms with van der Waals surface area (Å²) in [5, 5.41) is 12.4. The van der Waals surface area contributed by atoms with Crippen molar-refractivity contribution < 1.29 is 9.90 Å². The van der Waals surface area contributed by atoms with Gasteiger partial charge in [-0.2, -0.15) is 5.10 Å². The molecular formula is C7H11N3O2. The number of aryl methyl sites for hydroxylation is 1. The fraction of sp³-hybridized carbons (Fsp3) is 0.429. The fourth-order valence-corrected chi connectivity index (χ4v) is 0.981. The first kappa shape index (κ1) is 8.58. The van der Waals surface area contributed by atoms with Gasteiger partial charge in [-0.3, -0.25) is 9.48 Å². The van der Waals surface area contributed by atoms with E-state index < -0.39 is 5.97 Å². The van der Waals surface area contributed by atoms with Gasteiger partial charge < -0.3 is 10.8 Å². The average Bonchev–Trinajstić information content (AvgIpc) is 2.29. The maximum Gasteiger partial charge on any atom is 0.309 e. The smallest absolute Gasteiger partial charge is 0.309 e. The van der Waals surface area contributed by atoms with Crippen LogP contribution in [-0.2, 0) is 17.8 Å². The molecule has 0 aromatic carbocycles. The van der Waals surface area contributed by atoms with E-state index in [2.05, 4.69) is 5.10 Å². The Morgan fingerprint density at radius 3 is 2.92 bits per heavy atom. The molecule has 0 unspecified atom stereocenters. The van der Waals surface area contributed by atoms with Gasteiger partial charge in [0, 0.05) is 12.6 Å². The first-order chi connectivity index (χ1) is 5.63. The molecule has 0 saturated heterocycles. The van der Waals surface area contributed by atoms with Gasteiger partial charge >= 0.3 is 5.97 Å². The minimum Gasteiger partial charge on any atom is -0.481 e. The van der Waals surface area contributed by atoms with Gasteiger partial charge in [-0.05, 0) is 6.92 Å². The van der Waals surface area contributed by atoms with Crippen LogP contribution in [0.15, 0.2) is 6.07 Å². The Morgan fingerprint density at radius 2 is 2.50 bits per heavy atom. The molecule has 0 amide bonds. The molecule has 0 atom stereocenters. The molecule has 0 saturated carbocycles. The zero-order valence-corrected chi connectivity index (χ0v) is 6.82. The number of nitrogens with two attached hydrogens (primary N) is 1. The van der Waals surface area contributed by atoms with Crippen LogP contribution in [0.5, 0.6) is 0 Å². The van der Waals surface area contributed by atoms with E-state index in [4.69, 9.17) is 10.8 Å². The van der Waals surface area contributed by atoms with Crippen LogP contribution < -0.4 is 5.73 Å². The molecular weight excluding hydrogens is 158 g/mol. The Morgan fingerprint density at radius 1 is 1.83 bits per heavy atom. The summed E-state index contributed by atoms with van der Waals surface area (Å²) in [6, 6.07) is 1.58. The van der Waals surface area contributed by atoms with Crippen molar-refractivity contribution in [1.82, 2.24) is 9.78 Å². The van der Waals surface area contributed by atoms with E-state index in [1.807, 2.05) is 6.92 Å². The van der Waals surface area contributed by atoms with Gasteiger partial charge in [-0.25, -0.2) is 0 Å². The Hall–Kier alpha value is -1.52. The van der Waals surface area contributed by atoms with Crippen molar-refractivity contribution in [2.45, 2.75) is 19.9 Å². The third kappa shape index (κ3) is 1.75. The zero-order valence-electron chi connectivity index (χ0n) is 6.82. The standard InChI is InChI=1S/C7H11N3O2/c1-2-10-6(8)3-5(9-10)4-7(11)12/h3H,2,4,8H2,1H3,(H,11,12). The fourth-order valence-electron chi connectivity index (χ4n) is 0.981. The molecule has 12 heavy (non-hydrogen) atoms. The first-order valence-corrected chi connectivity index (χ1v) is 3.67. The molecule has 1 aromatic rings. The van der Waals surface area contributed by atoms with Gasteiger partial charge in [0.15, 0.2) is 0 Å². The number of aliphatic carboxylic acids is 1. The summed E-state index contributed by atoms with van der Waals surface area (Å²) in [6.07, 6.45) is -0.0722. The molecule has 1 heterocycles. The van der Waals surface area contributed by atoms with E-state index >= 15 is 0 Å². The Labute approximate surface area is 69.8 Å². The minimum atomic E-state index is -0.893. The van der Waals surface area contributed by atoms with Crippen LogP contribution in [0.2, 0.25) is 0 Å². The second kappa shape index (κ2) is 3.25. The van der Waals surface area contributed by atoms with Crippen molar-refractivity contribution in [1.29, 1.82) is 0 Å². The molecule has 5 nitrogen and oxygen atoms in total. The molecule has 0 radical (unpaired) electrons.